The van der Waals surface area contributed by atoms with E-state index < -0.39 is 9.85 Å². The number of unbranched alkanes of at least 4 members (excludes halogenated alkanes) is 2. The Balaban J connectivity index is 1.62. The molecule has 0 saturated heterocycles. The highest BCUT2D eigenvalue weighted by Crippen LogP contribution is 2.18. The molecule has 0 aromatic heterocycles. The number of aryl methyl sites for hydroxylation is 1. The van der Waals surface area contributed by atoms with Crippen LogP contribution < -0.4 is 4.74 Å². The van der Waals surface area contributed by atoms with Crippen molar-refractivity contribution < 1.29 is 14.6 Å². The highest BCUT2D eigenvalue weighted by Gasteiger charge is 2.05. The van der Waals surface area contributed by atoms with Crippen LogP contribution in [0.5, 0.6) is 5.75 Å². The highest BCUT2D eigenvalue weighted by atomic mass is 16.6. The van der Waals surface area contributed by atoms with E-state index in [0.717, 1.165) is 31.2 Å². The van der Waals surface area contributed by atoms with Crippen LogP contribution in [-0.4, -0.2) is 16.5 Å². The zero-order valence-electron chi connectivity index (χ0n) is 13.1. The second-order valence-corrected chi connectivity index (χ2v) is 5.33. The largest absolute Gasteiger partial charge is 0.494 e. The van der Waals surface area contributed by atoms with E-state index in [0.29, 0.717) is 12.4 Å². The lowest BCUT2D eigenvalue weighted by Crippen LogP contribution is -1.98. The van der Waals surface area contributed by atoms with E-state index in [2.05, 4.69) is 0 Å². The van der Waals surface area contributed by atoms with Gasteiger partial charge in [-0.25, -0.2) is 0 Å². The van der Waals surface area contributed by atoms with Gasteiger partial charge in [0.05, 0.1) is 16.5 Å². The molecular formula is C17H18N2O5. The summed E-state index contributed by atoms with van der Waals surface area (Å²) >= 11 is 0. The summed E-state index contributed by atoms with van der Waals surface area (Å²) in [5, 5.41) is 21.1. The van der Waals surface area contributed by atoms with Crippen LogP contribution in [-0.2, 0) is 6.42 Å². The Kier molecular flexibility index (Phi) is 6.24. The van der Waals surface area contributed by atoms with Crippen LogP contribution in [0.4, 0.5) is 11.4 Å². The molecule has 0 aliphatic carbocycles. The van der Waals surface area contributed by atoms with Crippen molar-refractivity contribution in [1.82, 2.24) is 0 Å². The second kappa shape index (κ2) is 8.61. The van der Waals surface area contributed by atoms with Crippen molar-refractivity contribution in [1.29, 1.82) is 0 Å². The normalized spacial score (nSPS) is 10.3. The monoisotopic (exact) mass is 330 g/mol. The number of non-ortho nitro benzene ring substituents is 2. The lowest BCUT2D eigenvalue weighted by molar-refractivity contribution is -0.385. The Hall–Kier alpha value is -2.96. The topological polar surface area (TPSA) is 95.5 Å². The van der Waals surface area contributed by atoms with Crippen molar-refractivity contribution in [3.05, 3.63) is 74.3 Å². The van der Waals surface area contributed by atoms with Crippen LogP contribution in [0.2, 0.25) is 0 Å². The molecule has 0 N–H and O–H groups in total. The Labute approximate surface area is 139 Å². The molecule has 0 aliphatic heterocycles. The van der Waals surface area contributed by atoms with Gasteiger partial charge in [0.1, 0.15) is 5.75 Å². The smallest absolute Gasteiger partial charge is 0.269 e. The molecule has 0 spiro atoms. The Morgan fingerprint density at radius 1 is 0.750 bits per heavy atom. The van der Waals surface area contributed by atoms with Gasteiger partial charge < -0.3 is 4.74 Å². The van der Waals surface area contributed by atoms with Gasteiger partial charge in [0.15, 0.2) is 0 Å². The van der Waals surface area contributed by atoms with Crippen LogP contribution in [0.3, 0.4) is 0 Å². The summed E-state index contributed by atoms with van der Waals surface area (Å²) in [4.78, 5) is 20.3. The quantitative estimate of drug-likeness (QED) is 0.388. The fraction of sp³-hybridized carbons (Fsp3) is 0.294. The maximum atomic E-state index is 10.6. The molecule has 0 fully saturated rings. The van der Waals surface area contributed by atoms with Crippen molar-refractivity contribution >= 4 is 11.4 Å². The summed E-state index contributed by atoms with van der Waals surface area (Å²) in [7, 11) is 0. The minimum atomic E-state index is -0.442. The number of rotatable bonds is 9. The van der Waals surface area contributed by atoms with E-state index in [1.165, 1.54) is 24.3 Å². The van der Waals surface area contributed by atoms with Crippen molar-refractivity contribution in [2.45, 2.75) is 25.7 Å². The molecule has 2 aromatic carbocycles. The molecule has 0 radical (unpaired) electrons. The molecule has 0 bridgehead atoms. The van der Waals surface area contributed by atoms with Crippen LogP contribution in [0.15, 0.2) is 48.5 Å². The van der Waals surface area contributed by atoms with Crippen molar-refractivity contribution in [3.63, 3.8) is 0 Å². The van der Waals surface area contributed by atoms with E-state index >= 15 is 0 Å². The van der Waals surface area contributed by atoms with Crippen molar-refractivity contribution in [2.24, 2.45) is 0 Å². The van der Waals surface area contributed by atoms with Gasteiger partial charge in [0.2, 0.25) is 0 Å². The number of benzene rings is 2. The molecule has 2 aromatic rings. The van der Waals surface area contributed by atoms with E-state index in [4.69, 9.17) is 4.74 Å². The first-order valence-corrected chi connectivity index (χ1v) is 7.67. The molecule has 24 heavy (non-hydrogen) atoms. The van der Waals surface area contributed by atoms with E-state index in [-0.39, 0.29) is 11.4 Å². The number of nitrogens with zero attached hydrogens (tertiary/aromatic N) is 2. The van der Waals surface area contributed by atoms with E-state index in [1.807, 2.05) is 0 Å². The summed E-state index contributed by atoms with van der Waals surface area (Å²) in [5.41, 5.74) is 1.23. The molecule has 7 heteroatoms. The first-order valence-electron chi connectivity index (χ1n) is 7.67. The summed E-state index contributed by atoms with van der Waals surface area (Å²) in [6, 6.07) is 12.6. The van der Waals surface area contributed by atoms with Gasteiger partial charge in [-0.05, 0) is 43.4 Å². The molecule has 2 rings (SSSR count). The van der Waals surface area contributed by atoms with E-state index in [9.17, 15) is 20.2 Å². The van der Waals surface area contributed by atoms with Gasteiger partial charge in [0.25, 0.3) is 11.4 Å². The third-order valence-electron chi connectivity index (χ3n) is 3.57. The van der Waals surface area contributed by atoms with Gasteiger partial charge in [-0.2, -0.15) is 0 Å². The van der Waals surface area contributed by atoms with Gasteiger partial charge in [0, 0.05) is 24.3 Å². The predicted octanol–water partition coefficient (Wildman–Crippen LogP) is 4.29. The minimum Gasteiger partial charge on any atom is -0.494 e. The zero-order valence-corrected chi connectivity index (χ0v) is 13.1. The maximum absolute atomic E-state index is 10.6. The van der Waals surface area contributed by atoms with Crippen LogP contribution in [0, 0.1) is 20.2 Å². The molecule has 0 unspecified atom stereocenters. The molecule has 7 nitrogen and oxygen atoms in total. The lowest BCUT2D eigenvalue weighted by atomic mass is 10.1. The summed E-state index contributed by atoms with van der Waals surface area (Å²) in [6.45, 7) is 0.554. The van der Waals surface area contributed by atoms with Crippen LogP contribution in [0.25, 0.3) is 0 Å². The number of hydrogen-bond donors (Lipinski definition) is 0. The second-order valence-electron chi connectivity index (χ2n) is 5.33. The van der Waals surface area contributed by atoms with Crippen molar-refractivity contribution in [3.8, 4) is 5.75 Å². The van der Waals surface area contributed by atoms with Gasteiger partial charge in [-0.15, -0.1) is 0 Å². The first kappa shape index (κ1) is 17.4. The summed E-state index contributed by atoms with van der Waals surface area (Å²) in [6.07, 6.45) is 3.70. The average molecular weight is 330 g/mol. The zero-order chi connectivity index (χ0) is 17.4. The molecule has 0 aliphatic rings. The fourth-order valence-electron chi connectivity index (χ4n) is 2.25. The summed E-state index contributed by atoms with van der Waals surface area (Å²) in [5.74, 6) is 0.621. The molecule has 0 saturated carbocycles. The van der Waals surface area contributed by atoms with Crippen LogP contribution in [0.1, 0.15) is 24.8 Å². The van der Waals surface area contributed by atoms with Gasteiger partial charge in [-0.1, -0.05) is 12.1 Å². The predicted molar refractivity (Wildman–Crippen MR) is 89.2 cm³/mol. The number of hydrogen-bond acceptors (Lipinski definition) is 5. The maximum Gasteiger partial charge on any atom is 0.269 e. The van der Waals surface area contributed by atoms with Crippen molar-refractivity contribution in [2.75, 3.05) is 6.61 Å². The average Bonchev–Trinajstić information content (AvgIpc) is 2.58. The molecule has 0 atom stereocenters. The van der Waals surface area contributed by atoms with Crippen LogP contribution >= 0.6 is 0 Å². The third kappa shape index (κ3) is 5.35. The Morgan fingerprint density at radius 2 is 1.29 bits per heavy atom. The third-order valence-corrected chi connectivity index (χ3v) is 3.57. The van der Waals surface area contributed by atoms with Gasteiger partial charge >= 0.3 is 0 Å². The lowest BCUT2D eigenvalue weighted by Gasteiger charge is -2.06. The van der Waals surface area contributed by atoms with Gasteiger partial charge in [-0.3, -0.25) is 20.2 Å². The Bertz CT molecular complexity index is 622. The molecular weight excluding hydrogens is 312 g/mol. The SMILES string of the molecule is O=[N+]([O-])c1ccc(CCCCCOc2ccc([N+](=O)[O-])cc2)cc1. The Morgan fingerprint density at radius 3 is 1.83 bits per heavy atom. The molecule has 126 valence electrons. The number of nitro benzene ring substituents is 2. The summed E-state index contributed by atoms with van der Waals surface area (Å²) < 4.78 is 5.54. The minimum absolute atomic E-state index is 0.0467. The highest BCUT2D eigenvalue weighted by molar-refractivity contribution is 5.36. The number of nitro groups is 2. The standard InChI is InChI=1S/C17H18N2O5/c20-18(21)15-7-5-14(6-8-15)4-2-1-3-13-24-17-11-9-16(10-12-17)19(22)23/h5-12H,1-4,13H2. The molecule has 0 amide bonds. The molecule has 0 heterocycles. The number of ether oxygens (including phenoxy) is 1. The van der Waals surface area contributed by atoms with E-state index in [1.54, 1.807) is 24.3 Å². The fourth-order valence-corrected chi connectivity index (χ4v) is 2.25. The first-order chi connectivity index (χ1) is 11.6.